The van der Waals surface area contributed by atoms with E-state index in [1.54, 1.807) is 12.1 Å². The highest BCUT2D eigenvalue weighted by Gasteiger charge is 2.16. The van der Waals surface area contributed by atoms with Gasteiger partial charge in [0, 0.05) is 42.5 Å². The Morgan fingerprint density at radius 3 is 2.46 bits per heavy atom. The Balaban J connectivity index is 1.75. The Labute approximate surface area is 167 Å². The molecule has 1 aromatic heterocycles. The van der Waals surface area contributed by atoms with Gasteiger partial charge in [0.25, 0.3) is 11.6 Å². The van der Waals surface area contributed by atoms with E-state index in [4.69, 9.17) is 11.6 Å². The standard InChI is InChI=1S/C20H19ClN4O3/c1-12-17(13(2)24(3)23-12)10-14-4-6-15(7-5-14)22-20(26)18-11-16(25(27)28)8-9-19(18)21/h4-9,11H,10H2,1-3H3,(H,22,26). The molecule has 0 aliphatic heterocycles. The van der Waals surface area contributed by atoms with Crippen LogP contribution in [-0.4, -0.2) is 20.6 Å². The molecular formula is C20H19ClN4O3. The summed E-state index contributed by atoms with van der Waals surface area (Å²) in [5.74, 6) is -0.500. The largest absolute Gasteiger partial charge is 0.322 e. The van der Waals surface area contributed by atoms with Crippen molar-refractivity contribution in [1.82, 2.24) is 9.78 Å². The maximum Gasteiger partial charge on any atom is 0.270 e. The SMILES string of the molecule is Cc1nn(C)c(C)c1Cc1ccc(NC(=O)c2cc([N+](=O)[O-])ccc2Cl)cc1. The van der Waals surface area contributed by atoms with Crippen LogP contribution in [0, 0.1) is 24.0 Å². The van der Waals surface area contributed by atoms with Gasteiger partial charge < -0.3 is 5.32 Å². The Kier molecular flexibility index (Phi) is 5.46. The predicted octanol–water partition coefficient (Wildman–Crippen LogP) is 4.44. The first-order valence-corrected chi connectivity index (χ1v) is 8.97. The molecule has 0 spiro atoms. The highest BCUT2D eigenvalue weighted by molar-refractivity contribution is 6.34. The Hall–Kier alpha value is -3.19. The number of aromatic nitrogens is 2. The van der Waals surface area contributed by atoms with Gasteiger partial charge in [0.2, 0.25) is 0 Å². The Morgan fingerprint density at radius 2 is 1.89 bits per heavy atom. The maximum atomic E-state index is 12.4. The van der Waals surface area contributed by atoms with Crippen molar-refractivity contribution < 1.29 is 9.72 Å². The van der Waals surface area contributed by atoms with Crippen molar-refractivity contribution in [3.63, 3.8) is 0 Å². The predicted molar refractivity (Wildman–Crippen MR) is 108 cm³/mol. The second kappa shape index (κ2) is 7.82. The van der Waals surface area contributed by atoms with Crippen molar-refractivity contribution in [2.24, 2.45) is 7.05 Å². The van der Waals surface area contributed by atoms with Crippen LogP contribution in [0.1, 0.15) is 32.9 Å². The van der Waals surface area contributed by atoms with Gasteiger partial charge in [-0.05, 0) is 37.6 Å². The summed E-state index contributed by atoms with van der Waals surface area (Å²) in [6.07, 6.45) is 0.746. The third kappa shape index (κ3) is 4.04. The first kappa shape index (κ1) is 19.6. The molecule has 0 fully saturated rings. The lowest BCUT2D eigenvalue weighted by atomic mass is 10.0. The zero-order valence-electron chi connectivity index (χ0n) is 15.7. The van der Waals surface area contributed by atoms with Crippen LogP contribution in [0.25, 0.3) is 0 Å². The van der Waals surface area contributed by atoms with Gasteiger partial charge in [-0.15, -0.1) is 0 Å². The molecule has 0 unspecified atom stereocenters. The van der Waals surface area contributed by atoms with E-state index in [9.17, 15) is 14.9 Å². The lowest BCUT2D eigenvalue weighted by molar-refractivity contribution is -0.384. The van der Waals surface area contributed by atoms with Crippen LogP contribution >= 0.6 is 11.6 Å². The number of amides is 1. The fraction of sp³-hybridized carbons (Fsp3) is 0.200. The van der Waals surface area contributed by atoms with E-state index in [2.05, 4.69) is 10.4 Å². The lowest BCUT2D eigenvalue weighted by Gasteiger charge is -2.08. The normalized spacial score (nSPS) is 10.7. The molecule has 144 valence electrons. The molecule has 3 rings (SSSR count). The first-order valence-electron chi connectivity index (χ1n) is 8.59. The quantitative estimate of drug-likeness (QED) is 0.508. The van der Waals surface area contributed by atoms with Gasteiger partial charge in [-0.3, -0.25) is 19.6 Å². The van der Waals surface area contributed by atoms with Gasteiger partial charge >= 0.3 is 0 Å². The number of nitrogens with one attached hydrogen (secondary N) is 1. The molecule has 0 aliphatic rings. The minimum absolute atomic E-state index is 0.0570. The van der Waals surface area contributed by atoms with Gasteiger partial charge in [0.15, 0.2) is 0 Å². The van der Waals surface area contributed by atoms with Crippen LogP contribution in [-0.2, 0) is 13.5 Å². The second-order valence-electron chi connectivity index (χ2n) is 6.52. The zero-order valence-corrected chi connectivity index (χ0v) is 16.4. The molecule has 1 amide bonds. The first-order chi connectivity index (χ1) is 13.3. The Bertz CT molecular complexity index is 1060. The third-order valence-corrected chi connectivity index (χ3v) is 4.99. The van der Waals surface area contributed by atoms with E-state index >= 15 is 0 Å². The van der Waals surface area contributed by atoms with Crippen LogP contribution in [0.4, 0.5) is 11.4 Å². The topological polar surface area (TPSA) is 90.1 Å². The molecular weight excluding hydrogens is 380 g/mol. The van der Waals surface area contributed by atoms with Gasteiger partial charge in [-0.1, -0.05) is 23.7 Å². The molecule has 1 heterocycles. The summed E-state index contributed by atoms with van der Waals surface area (Å²) in [5.41, 5.74) is 4.84. The fourth-order valence-electron chi connectivity index (χ4n) is 2.98. The molecule has 0 radical (unpaired) electrons. The van der Waals surface area contributed by atoms with Gasteiger partial charge in [0.05, 0.1) is 21.2 Å². The van der Waals surface area contributed by atoms with Crippen molar-refractivity contribution in [2.75, 3.05) is 5.32 Å². The number of nitro benzene ring substituents is 1. The van der Waals surface area contributed by atoms with Crippen molar-refractivity contribution in [3.05, 3.63) is 85.7 Å². The molecule has 0 bridgehead atoms. The number of non-ortho nitro benzene ring substituents is 1. The summed E-state index contributed by atoms with van der Waals surface area (Å²) in [6, 6.07) is 11.2. The lowest BCUT2D eigenvalue weighted by Crippen LogP contribution is -2.12. The third-order valence-electron chi connectivity index (χ3n) is 4.66. The highest BCUT2D eigenvalue weighted by Crippen LogP contribution is 2.24. The number of rotatable bonds is 5. The number of hydrogen-bond donors (Lipinski definition) is 1. The number of nitro groups is 1. The molecule has 3 aromatic rings. The number of carbonyl (C=O) groups is 1. The molecule has 0 saturated heterocycles. The molecule has 0 aliphatic carbocycles. The monoisotopic (exact) mass is 398 g/mol. The number of anilines is 1. The molecule has 2 aromatic carbocycles. The molecule has 0 atom stereocenters. The summed E-state index contributed by atoms with van der Waals surface area (Å²) < 4.78 is 1.86. The minimum Gasteiger partial charge on any atom is -0.322 e. The van der Waals surface area contributed by atoms with E-state index < -0.39 is 10.8 Å². The minimum atomic E-state index is -0.565. The number of aryl methyl sites for hydroxylation is 2. The molecule has 28 heavy (non-hydrogen) atoms. The summed E-state index contributed by atoms with van der Waals surface area (Å²) in [7, 11) is 1.92. The van der Waals surface area contributed by atoms with E-state index in [1.807, 2.05) is 37.7 Å². The summed E-state index contributed by atoms with van der Waals surface area (Å²) in [4.78, 5) is 22.8. The van der Waals surface area contributed by atoms with Crippen LogP contribution in [0.3, 0.4) is 0 Å². The van der Waals surface area contributed by atoms with E-state index in [1.165, 1.54) is 23.8 Å². The van der Waals surface area contributed by atoms with Crippen molar-refractivity contribution >= 4 is 28.9 Å². The summed E-state index contributed by atoms with van der Waals surface area (Å²) in [5, 5.41) is 18.2. The second-order valence-corrected chi connectivity index (χ2v) is 6.93. The summed E-state index contributed by atoms with van der Waals surface area (Å²) >= 11 is 6.02. The molecule has 1 N–H and O–H groups in total. The molecule has 7 nitrogen and oxygen atoms in total. The Morgan fingerprint density at radius 1 is 1.21 bits per heavy atom. The average Bonchev–Trinajstić information content (AvgIpc) is 2.89. The number of halogens is 1. The molecule has 8 heteroatoms. The highest BCUT2D eigenvalue weighted by atomic mass is 35.5. The van der Waals surface area contributed by atoms with Crippen LogP contribution in [0.2, 0.25) is 5.02 Å². The molecule has 0 saturated carbocycles. The van der Waals surface area contributed by atoms with Crippen molar-refractivity contribution in [2.45, 2.75) is 20.3 Å². The van der Waals surface area contributed by atoms with E-state index in [-0.39, 0.29) is 16.3 Å². The van der Waals surface area contributed by atoms with Crippen molar-refractivity contribution in [3.8, 4) is 0 Å². The van der Waals surface area contributed by atoms with Gasteiger partial charge in [0.1, 0.15) is 0 Å². The average molecular weight is 399 g/mol. The number of benzene rings is 2. The van der Waals surface area contributed by atoms with E-state index in [0.717, 1.165) is 23.4 Å². The maximum absolute atomic E-state index is 12.4. The smallest absolute Gasteiger partial charge is 0.270 e. The fourth-order valence-corrected chi connectivity index (χ4v) is 3.19. The number of nitrogens with zero attached hydrogens (tertiary/aromatic N) is 3. The van der Waals surface area contributed by atoms with Crippen molar-refractivity contribution in [1.29, 1.82) is 0 Å². The number of hydrogen-bond acceptors (Lipinski definition) is 4. The van der Waals surface area contributed by atoms with Crippen LogP contribution in [0.15, 0.2) is 42.5 Å². The number of carbonyl (C=O) groups excluding carboxylic acids is 1. The zero-order chi connectivity index (χ0) is 20.4. The summed E-state index contributed by atoms with van der Waals surface area (Å²) in [6.45, 7) is 4.02. The van der Waals surface area contributed by atoms with Crippen LogP contribution in [0.5, 0.6) is 0 Å². The van der Waals surface area contributed by atoms with E-state index in [0.29, 0.717) is 5.69 Å². The van der Waals surface area contributed by atoms with Crippen LogP contribution < -0.4 is 5.32 Å². The van der Waals surface area contributed by atoms with Gasteiger partial charge in [-0.25, -0.2) is 0 Å². The van der Waals surface area contributed by atoms with Gasteiger partial charge in [-0.2, -0.15) is 5.10 Å².